The van der Waals surface area contributed by atoms with Crippen LogP contribution in [-0.2, 0) is 10.0 Å². The van der Waals surface area contributed by atoms with E-state index in [-0.39, 0.29) is 26.9 Å². The van der Waals surface area contributed by atoms with Gasteiger partial charge in [0.2, 0.25) is 10.0 Å². The maximum Gasteiger partial charge on any atom is 0.240 e. The SMILES string of the molecule is CC(NS(=O)(=O)c1ccc(C#N)c(Cl)c1)C(C)(C)C. The minimum atomic E-state index is -3.63. The first-order chi connectivity index (χ1) is 8.58. The summed E-state index contributed by atoms with van der Waals surface area (Å²) in [6, 6.07) is 5.73. The van der Waals surface area contributed by atoms with Crippen molar-refractivity contribution in [1.29, 1.82) is 5.26 Å². The molecule has 0 aromatic heterocycles. The predicted octanol–water partition coefficient (Wildman–Crippen LogP) is 2.92. The highest BCUT2D eigenvalue weighted by molar-refractivity contribution is 7.89. The molecule has 0 bridgehead atoms. The summed E-state index contributed by atoms with van der Waals surface area (Å²) in [4.78, 5) is 0.0626. The number of hydrogen-bond acceptors (Lipinski definition) is 3. The molecule has 19 heavy (non-hydrogen) atoms. The van der Waals surface area contributed by atoms with Crippen molar-refractivity contribution in [2.45, 2.75) is 38.6 Å². The van der Waals surface area contributed by atoms with Crippen molar-refractivity contribution >= 4 is 21.6 Å². The summed E-state index contributed by atoms with van der Waals surface area (Å²) in [5, 5.41) is 8.90. The number of nitrogens with zero attached hydrogens (tertiary/aromatic N) is 1. The van der Waals surface area contributed by atoms with E-state index in [9.17, 15) is 8.42 Å². The van der Waals surface area contributed by atoms with Crippen molar-refractivity contribution in [3.8, 4) is 6.07 Å². The van der Waals surface area contributed by atoms with Crippen LogP contribution in [0.1, 0.15) is 33.3 Å². The Labute approximate surface area is 119 Å². The van der Waals surface area contributed by atoms with Crippen molar-refractivity contribution in [2.75, 3.05) is 0 Å². The molecule has 0 aliphatic heterocycles. The van der Waals surface area contributed by atoms with Gasteiger partial charge in [-0.15, -0.1) is 0 Å². The van der Waals surface area contributed by atoms with Crippen LogP contribution in [-0.4, -0.2) is 14.5 Å². The van der Waals surface area contributed by atoms with Gasteiger partial charge in [-0.1, -0.05) is 32.4 Å². The molecule has 0 radical (unpaired) electrons. The van der Waals surface area contributed by atoms with Crippen LogP contribution < -0.4 is 4.72 Å². The average Bonchev–Trinajstić information content (AvgIpc) is 2.27. The van der Waals surface area contributed by atoms with Gasteiger partial charge < -0.3 is 0 Å². The fourth-order valence-electron chi connectivity index (χ4n) is 1.23. The van der Waals surface area contributed by atoms with Crippen LogP contribution in [0.25, 0.3) is 0 Å². The molecule has 0 heterocycles. The zero-order chi connectivity index (χ0) is 14.8. The molecule has 1 aromatic carbocycles. The smallest absolute Gasteiger partial charge is 0.208 e. The summed E-state index contributed by atoms with van der Waals surface area (Å²) < 4.78 is 27.0. The molecule has 0 aliphatic rings. The van der Waals surface area contributed by atoms with Gasteiger partial charge in [0.25, 0.3) is 0 Å². The second-order valence-electron chi connectivity index (χ2n) is 5.46. The maximum absolute atomic E-state index is 12.2. The Morgan fingerprint density at radius 1 is 1.37 bits per heavy atom. The summed E-state index contributed by atoms with van der Waals surface area (Å²) in [6.45, 7) is 7.66. The second kappa shape index (κ2) is 5.49. The molecule has 6 heteroatoms. The maximum atomic E-state index is 12.2. The lowest BCUT2D eigenvalue weighted by Crippen LogP contribution is -2.41. The number of halogens is 1. The van der Waals surface area contributed by atoms with E-state index in [1.165, 1.54) is 18.2 Å². The van der Waals surface area contributed by atoms with Gasteiger partial charge in [-0.25, -0.2) is 13.1 Å². The number of benzene rings is 1. The first-order valence-corrected chi connectivity index (χ1v) is 7.66. The van der Waals surface area contributed by atoms with Crippen molar-refractivity contribution in [3.05, 3.63) is 28.8 Å². The molecule has 1 aromatic rings. The number of rotatable bonds is 3. The van der Waals surface area contributed by atoms with Gasteiger partial charge in [0.15, 0.2) is 0 Å². The molecule has 4 nitrogen and oxygen atoms in total. The monoisotopic (exact) mass is 300 g/mol. The lowest BCUT2D eigenvalue weighted by Gasteiger charge is -2.27. The standard InChI is InChI=1S/C13H17ClN2O2S/c1-9(13(2,3)4)16-19(17,18)11-6-5-10(8-15)12(14)7-11/h5-7,9,16H,1-4H3. The Morgan fingerprint density at radius 2 is 1.95 bits per heavy atom. The van der Waals surface area contributed by atoms with Crippen molar-refractivity contribution in [1.82, 2.24) is 4.72 Å². The molecule has 1 atom stereocenters. The first kappa shape index (κ1) is 16.0. The number of sulfonamides is 1. The molecule has 104 valence electrons. The zero-order valence-electron chi connectivity index (χ0n) is 11.4. The van der Waals surface area contributed by atoms with Crippen molar-refractivity contribution in [3.63, 3.8) is 0 Å². The summed E-state index contributed by atoms with van der Waals surface area (Å²) in [6.07, 6.45) is 0. The van der Waals surface area contributed by atoms with E-state index in [2.05, 4.69) is 4.72 Å². The molecule has 0 saturated carbocycles. The molecule has 0 aliphatic carbocycles. The fraction of sp³-hybridized carbons (Fsp3) is 0.462. The van der Waals surface area contributed by atoms with Gasteiger partial charge in [0, 0.05) is 6.04 Å². The highest BCUT2D eigenvalue weighted by Crippen LogP contribution is 2.23. The quantitative estimate of drug-likeness (QED) is 0.933. The van der Waals surface area contributed by atoms with Gasteiger partial charge in [-0.3, -0.25) is 0 Å². The van der Waals surface area contributed by atoms with E-state index < -0.39 is 10.0 Å². The van der Waals surface area contributed by atoms with E-state index in [1.807, 2.05) is 33.8 Å². The minimum absolute atomic E-state index is 0.0626. The Kier molecular flexibility index (Phi) is 4.62. The van der Waals surface area contributed by atoms with Crippen LogP contribution in [0, 0.1) is 16.7 Å². The molecule has 0 amide bonds. The molecular weight excluding hydrogens is 284 g/mol. The fourth-order valence-corrected chi connectivity index (χ4v) is 2.99. The molecule has 1 unspecified atom stereocenters. The van der Waals surface area contributed by atoms with Crippen molar-refractivity contribution < 1.29 is 8.42 Å². The number of nitriles is 1. The summed E-state index contributed by atoms with van der Waals surface area (Å²) >= 11 is 5.85. The van der Waals surface area contributed by atoms with Crippen LogP contribution in [0.15, 0.2) is 23.1 Å². The largest absolute Gasteiger partial charge is 0.240 e. The number of hydrogen-bond donors (Lipinski definition) is 1. The third-order valence-corrected chi connectivity index (χ3v) is 4.85. The minimum Gasteiger partial charge on any atom is -0.208 e. The Morgan fingerprint density at radius 3 is 2.37 bits per heavy atom. The lowest BCUT2D eigenvalue weighted by atomic mass is 9.89. The molecule has 1 N–H and O–H groups in total. The predicted molar refractivity (Wildman–Crippen MR) is 75.4 cm³/mol. The molecule has 1 rings (SSSR count). The van der Waals surface area contributed by atoms with Crippen molar-refractivity contribution in [2.24, 2.45) is 5.41 Å². The summed E-state index contributed by atoms with van der Waals surface area (Å²) in [5.74, 6) is 0. The van der Waals surface area contributed by atoms with Gasteiger partial charge >= 0.3 is 0 Å². The third-order valence-electron chi connectivity index (χ3n) is 3.00. The zero-order valence-corrected chi connectivity index (χ0v) is 12.9. The molecule has 0 spiro atoms. The van der Waals surface area contributed by atoms with Crippen LogP contribution in [0.2, 0.25) is 5.02 Å². The Balaban J connectivity index is 3.09. The van der Waals surface area contributed by atoms with Gasteiger partial charge in [0.05, 0.1) is 15.5 Å². The Hall–Kier alpha value is -1.09. The molecular formula is C13H17ClN2O2S. The topological polar surface area (TPSA) is 70.0 Å². The third kappa shape index (κ3) is 3.93. The van der Waals surface area contributed by atoms with E-state index in [0.29, 0.717) is 0 Å². The number of nitrogens with one attached hydrogen (secondary N) is 1. The summed E-state index contributed by atoms with van der Waals surface area (Å²) in [5.41, 5.74) is 0.0631. The van der Waals surface area contributed by atoms with Crippen LogP contribution in [0.3, 0.4) is 0 Å². The van der Waals surface area contributed by atoms with Gasteiger partial charge in [0.1, 0.15) is 6.07 Å². The lowest BCUT2D eigenvalue weighted by molar-refractivity contribution is 0.317. The molecule has 0 saturated heterocycles. The second-order valence-corrected chi connectivity index (χ2v) is 7.58. The van der Waals surface area contributed by atoms with E-state index in [4.69, 9.17) is 16.9 Å². The van der Waals surface area contributed by atoms with E-state index in [1.54, 1.807) is 0 Å². The van der Waals surface area contributed by atoms with E-state index >= 15 is 0 Å². The van der Waals surface area contributed by atoms with Crippen LogP contribution in [0.5, 0.6) is 0 Å². The van der Waals surface area contributed by atoms with Crippen LogP contribution in [0.4, 0.5) is 0 Å². The normalized spacial score (nSPS) is 13.9. The van der Waals surface area contributed by atoms with Gasteiger partial charge in [-0.2, -0.15) is 5.26 Å². The average molecular weight is 301 g/mol. The highest BCUT2D eigenvalue weighted by Gasteiger charge is 2.26. The summed E-state index contributed by atoms with van der Waals surface area (Å²) in [7, 11) is -3.63. The first-order valence-electron chi connectivity index (χ1n) is 5.80. The molecule has 0 fully saturated rings. The van der Waals surface area contributed by atoms with E-state index in [0.717, 1.165) is 0 Å². The van der Waals surface area contributed by atoms with Crippen LogP contribution >= 0.6 is 11.6 Å². The van der Waals surface area contributed by atoms with Gasteiger partial charge in [-0.05, 0) is 30.5 Å². The highest BCUT2D eigenvalue weighted by atomic mass is 35.5. The Bertz CT molecular complexity index is 613.